The minimum absolute atomic E-state index is 0.174. The van der Waals surface area contributed by atoms with Gasteiger partial charge >= 0.3 is 0 Å². The van der Waals surface area contributed by atoms with Crippen LogP contribution in [-0.4, -0.2) is 45.0 Å². The predicted molar refractivity (Wildman–Crippen MR) is 77.8 cm³/mol. The number of anilines is 1. The first-order valence-electron chi connectivity index (χ1n) is 7.13. The zero-order chi connectivity index (χ0) is 14.8. The van der Waals surface area contributed by atoms with E-state index in [2.05, 4.69) is 39.9 Å². The number of nitriles is 1. The molecule has 2 atom stereocenters. The Hall–Kier alpha value is -2.20. The van der Waals surface area contributed by atoms with E-state index in [0.29, 0.717) is 13.0 Å². The second-order valence-electron chi connectivity index (χ2n) is 5.37. The number of ether oxygens (including phenoxy) is 1. The molecule has 0 aliphatic carbocycles. The van der Waals surface area contributed by atoms with Crippen molar-refractivity contribution >= 4 is 16.9 Å². The lowest BCUT2D eigenvalue weighted by molar-refractivity contribution is -0.00537. The van der Waals surface area contributed by atoms with E-state index in [1.54, 1.807) is 17.2 Å². The predicted octanol–water partition coefficient (Wildman–Crippen LogP) is 1.35. The molecule has 1 aliphatic rings. The minimum Gasteiger partial charge on any atom is -0.372 e. The van der Waals surface area contributed by atoms with Crippen molar-refractivity contribution in [2.75, 3.05) is 18.0 Å². The molecule has 0 unspecified atom stereocenters. The van der Waals surface area contributed by atoms with Gasteiger partial charge in [-0.2, -0.15) is 10.4 Å². The largest absolute Gasteiger partial charge is 0.372 e. The summed E-state index contributed by atoms with van der Waals surface area (Å²) < 4.78 is 7.53. The van der Waals surface area contributed by atoms with Crippen molar-refractivity contribution in [2.45, 2.75) is 39.0 Å². The molecule has 0 bridgehead atoms. The molecule has 0 spiro atoms. The van der Waals surface area contributed by atoms with Crippen molar-refractivity contribution in [3.05, 3.63) is 12.5 Å². The summed E-state index contributed by atoms with van der Waals surface area (Å²) in [5, 5.41) is 14.0. The third-order valence-corrected chi connectivity index (χ3v) is 3.57. The maximum absolute atomic E-state index is 8.71. The fourth-order valence-corrected chi connectivity index (χ4v) is 2.80. The maximum atomic E-state index is 8.71. The Morgan fingerprint density at radius 1 is 1.33 bits per heavy atom. The zero-order valence-corrected chi connectivity index (χ0v) is 12.2. The molecule has 110 valence electrons. The van der Waals surface area contributed by atoms with Gasteiger partial charge in [-0.1, -0.05) is 0 Å². The summed E-state index contributed by atoms with van der Waals surface area (Å²) in [6.07, 6.45) is 4.11. The number of hydrogen-bond acceptors (Lipinski definition) is 6. The molecule has 1 fully saturated rings. The van der Waals surface area contributed by atoms with E-state index in [1.807, 2.05) is 0 Å². The van der Waals surface area contributed by atoms with Gasteiger partial charge in [0.1, 0.15) is 12.1 Å². The van der Waals surface area contributed by atoms with Crippen molar-refractivity contribution in [2.24, 2.45) is 0 Å². The monoisotopic (exact) mass is 286 g/mol. The van der Waals surface area contributed by atoms with Gasteiger partial charge in [-0.25, -0.2) is 14.6 Å². The highest BCUT2D eigenvalue weighted by atomic mass is 16.5. The molecule has 21 heavy (non-hydrogen) atoms. The van der Waals surface area contributed by atoms with E-state index < -0.39 is 0 Å². The highest BCUT2D eigenvalue weighted by Crippen LogP contribution is 2.25. The summed E-state index contributed by atoms with van der Waals surface area (Å²) in [4.78, 5) is 11.0. The second kappa shape index (κ2) is 5.66. The molecule has 2 aromatic rings. The van der Waals surface area contributed by atoms with Gasteiger partial charge in [-0.3, -0.25) is 0 Å². The van der Waals surface area contributed by atoms with Crippen LogP contribution in [0.3, 0.4) is 0 Å². The Morgan fingerprint density at radius 2 is 2.10 bits per heavy atom. The Labute approximate surface area is 123 Å². The number of nitrogens with zero attached hydrogens (tertiary/aromatic N) is 6. The normalized spacial score (nSPS) is 22.4. The molecule has 0 amide bonds. The Balaban J connectivity index is 1.96. The van der Waals surface area contributed by atoms with Crippen LogP contribution < -0.4 is 4.90 Å². The Bertz CT molecular complexity index is 666. The van der Waals surface area contributed by atoms with Gasteiger partial charge in [0.15, 0.2) is 5.65 Å². The molecule has 0 N–H and O–H groups in total. The molecule has 1 saturated heterocycles. The number of morpholine rings is 1. The lowest BCUT2D eigenvalue weighted by Crippen LogP contribution is -2.45. The maximum Gasteiger partial charge on any atom is 0.163 e. The summed E-state index contributed by atoms with van der Waals surface area (Å²) >= 11 is 0. The van der Waals surface area contributed by atoms with E-state index in [1.165, 1.54) is 0 Å². The van der Waals surface area contributed by atoms with Crippen LogP contribution in [0.4, 0.5) is 5.82 Å². The summed E-state index contributed by atoms with van der Waals surface area (Å²) in [6, 6.07) is 2.13. The molecular formula is C14H18N6O. The van der Waals surface area contributed by atoms with Gasteiger partial charge in [0.25, 0.3) is 0 Å². The van der Waals surface area contributed by atoms with Gasteiger partial charge in [-0.15, -0.1) is 0 Å². The quantitative estimate of drug-likeness (QED) is 0.847. The number of rotatable bonds is 3. The van der Waals surface area contributed by atoms with E-state index in [4.69, 9.17) is 10.00 Å². The van der Waals surface area contributed by atoms with E-state index in [0.717, 1.165) is 29.9 Å². The van der Waals surface area contributed by atoms with Gasteiger partial charge in [0.2, 0.25) is 0 Å². The van der Waals surface area contributed by atoms with Crippen LogP contribution in [0.2, 0.25) is 0 Å². The Morgan fingerprint density at radius 3 is 2.81 bits per heavy atom. The molecule has 0 saturated carbocycles. The van der Waals surface area contributed by atoms with Crippen LogP contribution in [0, 0.1) is 11.3 Å². The van der Waals surface area contributed by atoms with Crippen LogP contribution >= 0.6 is 0 Å². The summed E-state index contributed by atoms with van der Waals surface area (Å²) in [7, 11) is 0. The second-order valence-corrected chi connectivity index (χ2v) is 5.37. The zero-order valence-electron chi connectivity index (χ0n) is 12.2. The molecule has 0 aromatic carbocycles. The van der Waals surface area contributed by atoms with E-state index in [9.17, 15) is 0 Å². The van der Waals surface area contributed by atoms with Gasteiger partial charge in [0, 0.05) is 13.1 Å². The number of aromatic nitrogens is 4. The van der Waals surface area contributed by atoms with Crippen molar-refractivity contribution in [1.82, 2.24) is 19.7 Å². The van der Waals surface area contributed by atoms with Crippen molar-refractivity contribution in [3.8, 4) is 6.07 Å². The number of hydrogen-bond donors (Lipinski definition) is 0. The summed E-state index contributed by atoms with van der Waals surface area (Å²) in [6.45, 7) is 6.29. The number of fused-ring (bicyclic) bond motifs is 1. The lowest BCUT2D eigenvalue weighted by atomic mass is 10.2. The molecule has 1 aliphatic heterocycles. The molecule has 3 rings (SSSR count). The molecular weight excluding hydrogens is 268 g/mol. The fraction of sp³-hybridized carbons (Fsp3) is 0.571. The topological polar surface area (TPSA) is 79.9 Å². The van der Waals surface area contributed by atoms with E-state index in [-0.39, 0.29) is 12.2 Å². The van der Waals surface area contributed by atoms with Gasteiger partial charge in [-0.05, 0) is 13.8 Å². The van der Waals surface area contributed by atoms with Crippen molar-refractivity contribution in [3.63, 3.8) is 0 Å². The molecule has 2 aromatic heterocycles. The standard InChI is InChI=1S/C14H18N6O/c1-10-7-19(8-11(2)21-10)13-12-6-18-20(5-3-4-15)14(12)17-9-16-13/h6,9-11H,3,5,7-8H2,1-2H3/t10-,11-/m0/s1. The molecule has 3 heterocycles. The highest BCUT2D eigenvalue weighted by Gasteiger charge is 2.25. The highest BCUT2D eigenvalue weighted by molar-refractivity contribution is 5.86. The summed E-state index contributed by atoms with van der Waals surface area (Å²) in [5.41, 5.74) is 0.780. The average molecular weight is 286 g/mol. The van der Waals surface area contributed by atoms with Crippen LogP contribution in [0.25, 0.3) is 11.0 Å². The van der Waals surface area contributed by atoms with Gasteiger partial charge in [0.05, 0.1) is 42.8 Å². The number of aryl methyl sites for hydroxylation is 1. The van der Waals surface area contributed by atoms with Gasteiger partial charge < -0.3 is 9.64 Å². The molecule has 7 heteroatoms. The first kappa shape index (κ1) is 13.8. The van der Waals surface area contributed by atoms with Crippen LogP contribution in [-0.2, 0) is 11.3 Å². The summed E-state index contributed by atoms with van der Waals surface area (Å²) in [5.74, 6) is 0.894. The van der Waals surface area contributed by atoms with Crippen LogP contribution in [0.5, 0.6) is 0 Å². The lowest BCUT2D eigenvalue weighted by Gasteiger charge is -2.36. The average Bonchev–Trinajstić information content (AvgIpc) is 2.87. The Kier molecular flexibility index (Phi) is 3.71. The first-order valence-corrected chi connectivity index (χ1v) is 7.13. The van der Waals surface area contributed by atoms with Crippen LogP contribution in [0.1, 0.15) is 20.3 Å². The SMILES string of the molecule is C[C@H]1CN(c2ncnc3c2cnn3CCC#N)C[C@H](C)O1. The minimum atomic E-state index is 0.174. The van der Waals surface area contributed by atoms with Crippen molar-refractivity contribution < 1.29 is 4.74 Å². The first-order chi connectivity index (χ1) is 10.2. The third-order valence-electron chi connectivity index (χ3n) is 3.57. The third kappa shape index (κ3) is 2.67. The van der Waals surface area contributed by atoms with E-state index >= 15 is 0 Å². The molecule has 7 nitrogen and oxygen atoms in total. The molecule has 0 radical (unpaired) electrons. The van der Waals surface area contributed by atoms with Crippen LogP contribution in [0.15, 0.2) is 12.5 Å². The smallest absolute Gasteiger partial charge is 0.163 e. The van der Waals surface area contributed by atoms with Crippen molar-refractivity contribution in [1.29, 1.82) is 5.26 Å². The fourth-order valence-electron chi connectivity index (χ4n) is 2.80.